The maximum absolute atomic E-state index is 14.0. The van der Waals surface area contributed by atoms with Crippen LogP contribution in [0.2, 0.25) is 0 Å². The fourth-order valence-electron chi connectivity index (χ4n) is 1.89. The summed E-state index contributed by atoms with van der Waals surface area (Å²) in [6, 6.07) is 13.5. The number of hydrogen-bond donors (Lipinski definition) is 0. The molecule has 0 saturated heterocycles. The van der Waals surface area contributed by atoms with Gasteiger partial charge in [0.2, 0.25) is 0 Å². The number of hydrogen-bond acceptors (Lipinski definition) is 3. The van der Waals surface area contributed by atoms with E-state index in [4.69, 9.17) is 9.47 Å². The highest BCUT2D eigenvalue weighted by molar-refractivity contribution is 5.89. The summed E-state index contributed by atoms with van der Waals surface area (Å²) in [5, 5.41) is 0. The molecule has 0 atom stereocenters. The summed E-state index contributed by atoms with van der Waals surface area (Å²) in [7, 11) is 0. The zero-order chi connectivity index (χ0) is 15.8. The first-order valence-electron chi connectivity index (χ1n) is 7.34. The van der Waals surface area contributed by atoms with E-state index in [0.29, 0.717) is 12.4 Å². The molecule has 0 fully saturated rings. The summed E-state index contributed by atoms with van der Waals surface area (Å²) in [6.45, 7) is 2.71. The van der Waals surface area contributed by atoms with Gasteiger partial charge in [0.1, 0.15) is 18.2 Å². The van der Waals surface area contributed by atoms with Crippen LogP contribution in [-0.4, -0.2) is 12.6 Å². The summed E-state index contributed by atoms with van der Waals surface area (Å²) >= 11 is 0. The van der Waals surface area contributed by atoms with Crippen molar-refractivity contribution in [3.8, 4) is 5.75 Å². The molecule has 22 heavy (non-hydrogen) atoms. The van der Waals surface area contributed by atoms with E-state index in [-0.39, 0.29) is 12.2 Å². The van der Waals surface area contributed by atoms with Crippen molar-refractivity contribution >= 4 is 5.97 Å². The largest absolute Gasteiger partial charge is 0.493 e. The van der Waals surface area contributed by atoms with Crippen molar-refractivity contribution in [2.75, 3.05) is 6.61 Å². The molecule has 0 spiro atoms. The highest BCUT2D eigenvalue weighted by atomic mass is 19.1. The normalized spacial score (nSPS) is 10.3. The molecule has 2 rings (SSSR count). The Morgan fingerprint density at radius 1 is 1.14 bits per heavy atom. The predicted octanol–water partition coefficient (Wildman–Crippen LogP) is 4.36. The van der Waals surface area contributed by atoms with Gasteiger partial charge in [-0.1, -0.05) is 43.7 Å². The van der Waals surface area contributed by atoms with Crippen LogP contribution in [-0.2, 0) is 11.3 Å². The van der Waals surface area contributed by atoms with Gasteiger partial charge in [0.25, 0.3) is 0 Å². The van der Waals surface area contributed by atoms with E-state index in [1.807, 2.05) is 30.3 Å². The molecule has 0 heterocycles. The third-order valence-electron chi connectivity index (χ3n) is 3.14. The third kappa shape index (κ3) is 4.58. The predicted molar refractivity (Wildman–Crippen MR) is 82.4 cm³/mol. The minimum absolute atomic E-state index is 0.0845. The van der Waals surface area contributed by atoms with Gasteiger partial charge in [-0.3, -0.25) is 0 Å². The Labute approximate surface area is 129 Å². The molecule has 0 unspecified atom stereocenters. The van der Waals surface area contributed by atoms with Crippen LogP contribution in [0.25, 0.3) is 0 Å². The van der Waals surface area contributed by atoms with E-state index < -0.39 is 11.8 Å². The molecular weight excluding hydrogens is 283 g/mol. The van der Waals surface area contributed by atoms with Gasteiger partial charge >= 0.3 is 5.97 Å². The molecule has 116 valence electrons. The fourth-order valence-corrected chi connectivity index (χ4v) is 1.89. The van der Waals surface area contributed by atoms with Crippen LogP contribution in [0.3, 0.4) is 0 Å². The Morgan fingerprint density at radius 3 is 2.59 bits per heavy atom. The fraction of sp³-hybridized carbons (Fsp3) is 0.278. The molecule has 0 saturated carbocycles. The lowest BCUT2D eigenvalue weighted by molar-refractivity contribution is 0.0467. The second kappa shape index (κ2) is 8.17. The summed E-state index contributed by atoms with van der Waals surface area (Å²) in [6.07, 6.45) is 1.91. The number of carbonyl (C=O) groups excluding carboxylic acids is 1. The van der Waals surface area contributed by atoms with Crippen molar-refractivity contribution in [1.82, 2.24) is 0 Å². The molecule has 0 amide bonds. The van der Waals surface area contributed by atoms with Crippen molar-refractivity contribution in [2.45, 2.75) is 26.4 Å². The van der Waals surface area contributed by atoms with Crippen molar-refractivity contribution in [2.24, 2.45) is 0 Å². The molecule has 0 bridgehead atoms. The Hall–Kier alpha value is -2.36. The standard InChI is InChI=1S/C18H19FO3/c1-2-3-11-21-15-9-10-16(17(19)12-15)18(20)22-13-14-7-5-4-6-8-14/h4-10,12H,2-3,11,13H2,1H3. The molecule has 0 aromatic heterocycles. The topological polar surface area (TPSA) is 35.5 Å². The SMILES string of the molecule is CCCCOc1ccc(C(=O)OCc2ccccc2)c(F)c1. The number of halogens is 1. The summed E-state index contributed by atoms with van der Waals surface area (Å²) in [5.74, 6) is -0.890. The smallest absolute Gasteiger partial charge is 0.341 e. The summed E-state index contributed by atoms with van der Waals surface area (Å²) in [4.78, 5) is 11.9. The summed E-state index contributed by atoms with van der Waals surface area (Å²) < 4.78 is 24.5. The van der Waals surface area contributed by atoms with E-state index in [1.165, 1.54) is 12.1 Å². The maximum atomic E-state index is 14.0. The molecule has 0 aliphatic heterocycles. The van der Waals surface area contributed by atoms with E-state index in [9.17, 15) is 9.18 Å². The van der Waals surface area contributed by atoms with Crippen molar-refractivity contribution in [1.29, 1.82) is 0 Å². The quantitative estimate of drug-likeness (QED) is 0.563. The highest BCUT2D eigenvalue weighted by Crippen LogP contribution is 2.18. The van der Waals surface area contributed by atoms with Crippen molar-refractivity contribution in [3.05, 3.63) is 65.5 Å². The average Bonchev–Trinajstić information content (AvgIpc) is 2.54. The van der Waals surface area contributed by atoms with E-state index >= 15 is 0 Å². The molecule has 2 aromatic carbocycles. The lowest BCUT2D eigenvalue weighted by Crippen LogP contribution is -2.08. The van der Waals surface area contributed by atoms with Crippen molar-refractivity contribution < 1.29 is 18.7 Å². The van der Waals surface area contributed by atoms with E-state index in [2.05, 4.69) is 6.92 Å². The zero-order valence-electron chi connectivity index (χ0n) is 12.5. The highest BCUT2D eigenvalue weighted by Gasteiger charge is 2.14. The molecule has 2 aromatic rings. The van der Waals surface area contributed by atoms with Gasteiger partial charge in [-0.25, -0.2) is 9.18 Å². The third-order valence-corrected chi connectivity index (χ3v) is 3.14. The van der Waals surface area contributed by atoms with Gasteiger partial charge in [-0.2, -0.15) is 0 Å². The number of ether oxygens (including phenoxy) is 2. The van der Waals surface area contributed by atoms with Crippen LogP contribution in [0.15, 0.2) is 48.5 Å². The van der Waals surface area contributed by atoms with Crippen LogP contribution >= 0.6 is 0 Å². The molecule has 4 heteroatoms. The van der Waals surface area contributed by atoms with Gasteiger partial charge < -0.3 is 9.47 Å². The molecule has 0 aliphatic carbocycles. The number of carbonyl (C=O) groups is 1. The molecule has 0 N–H and O–H groups in total. The van der Waals surface area contributed by atoms with Gasteiger partial charge in [0, 0.05) is 6.07 Å². The molecule has 0 radical (unpaired) electrons. The number of benzene rings is 2. The van der Waals surface area contributed by atoms with Crippen LogP contribution in [0.4, 0.5) is 4.39 Å². The summed E-state index contributed by atoms with van der Waals surface area (Å²) in [5.41, 5.74) is 0.773. The van der Waals surface area contributed by atoms with E-state index in [0.717, 1.165) is 18.4 Å². The number of esters is 1. The van der Waals surface area contributed by atoms with Crippen LogP contribution in [0.5, 0.6) is 5.75 Å². The van der Waals surface area contributed by atoms with Gasteiger partial charge in [-0.15, -0.1) is 0 Å². The molecule has 3 nitrogen and oxygen atoms in total. The minimum Gasteiger partial charge on any atom is -0.493 e. The first-order valence-corrected chi connectivity index (χ1v) is 7.34. The molecule has 0 aliphatic rings. The Balaban J connectivity index is 1.95. The van der Waals surface area contributed by atoms with Crippen LogP contribution < -0.4 is 4.74 Å². The molecular formula is C18H19FO3. The number of unbranched alkanes of at least 4 members (excludes halogenated alkanes) is 1. The minimum atomic E-state index is -0.679. The first-order chi connectivity index (χ1) is 10.7. The Morgan fingerprint density at radius 2 is 1.91 bits per heavy atom. The van der Waals surface area contributed by atoms with Crippen LogP contribution in [0, 0.1) is 5.82 Å². The second-order valence-electron chi connectivity index (χ2n) is 4.91. The first kappa shape index (κ1) is 16.0. The number of rotatable bonds is 7. The van der Waals surface area contributed by atoms with Crippen molar-refractivity contribution in [3.63, 3.8) is 0 Å². The second-order valence-corrected chi connectivity index (χ2v) is 4.91. The lowest BCUT2D eigenvalue weighted by atomic mass is 10.2. The average molecular weight is 302 g/mol. The van der Waals surface area contributed by atoms with Crippen LogP contribution in [0.1, 0.15) is 35.7 Å². The monoisotopic (exact) mass is 302 g/mol. The lowest BCUT2D eigenvalue weighted by Gasteiger charge is -2.08. The Bertz CT molecular complexity index is 611. The van der Waals surface area contributed by atoms with Gasteiger partial charge in [-0.05, 0) is 24.1 Å². The maximum Gasteiger partial charge on any atom is 0.341 e. The van der Waals surface area contributed by atoms with E-state index in [1.54, 1.807) is 6.07 Å². The Kier molecular flexibility index (Phi) is 5.95. The van der Waals surface area contributed by atoms with Gasteiger partial charge in [0.05, 0.1) is 12.2 Å². The zero-order valence-corrected chi connectivity index (χ0v) is 12.5. The van der Waals surface area contributed by atoms with Gasteiger partial charge in [0.15, 0.2) is 0 Å².